The first kappa shape index (κ1) is 25.1. The van der Waals surface area contributed by atoms with E-state index in [4.69, 9.17) is 23.7 Å². The zero-order valence-corrected chi connectivity index (χ0v) is 19.9. The van der Waals surface area contributed by atoms with Gasteiger partial charge in [0.1, 0.15) is 0 Å². The molecule has 0 atom stereocenters. The summed E-state index contributed by atoms with van der Waals surface area (Å²) in [4.78, 5) is 25.0. The first-order valence-electron chi connectivity index (χ1n) is 10.7. The molecule has 9 heteroatoms. The molecule has 1 N–H and O–H groups in total. The van der Waals surface area contributed by atoms with Crippen LogP contribution < -0.4 is 29.1 Å². The van der Waals surface area contributed by atoms with Crippen LogP contribution in [0.4, 0.5) is 0 Å². The third-order valence-electron chi connectivity index (χ3n) is 4.79. The zero-order valence-electron chi connectivity index (χ0n) is 19.9. The molecule has 182 valence electrons. The van der Waals surface area contributed by atoms with Gasteiger partial charge >= 0.3 is 5.97 Å². The van der Waals surface area contributed by atoms with Crippen molar-refractivity contribution in [2.45, 2.75) is 6.92 Å². The molecule has 0 saturated carbocycles. The summed E-state index contributed by atoms with van der Waals surface area (Å²) in [6, 6.07) is 16.7. The second kappa shape index (κ2) is 12.1. The van der Waals surface area contributed by atoms with Crippen molar-refractivity contribution in [1.29, 1.82) is 0 Å². The Bertz CT molecular complexity index is 1180. The minimum atomic E-state index is -0.495. The van der Waals surface area contributed by atoms with E-state index in [9.17, 15) is 9.59 Å². The van der Waals surface area contributed by atoms with E-state index >= 15 is 0 Å². The number of amides is 1. The molecule has 9 nitrogen and oxygen atoms in total. The first-order chi connectivity index (χ1) is 17.0. The van der Waals surface area contributed by atoms with E-state index in [1.165, 1.54) is 39.7 Å². The molecular weight excluding hydrogens is 452 g/mol. The highest BCUT2D eigenvalue weighted by Gasteiger charge is 2.17. The van der Waals surface area contributed by atoms with Crippen LogP contribution in [0.1, 0.15) is 33.2 Å². The SMILES string of the molecule is CCOc1cc(/C=N/NC(=O)c2cc(OC)c(OC)c(OC)c2)ccc1OC(=O)c1ccccc1. The molecule has 3 aromatic carbocycles. The molecule has 0 aliphatic heterocycles. The lowest BCUT2D eigenvalue weighted by Crippen LogP contribution is -2.18. The van der Waals surface area contributed by atoms with Gasteiger partial charge in [0.25, 0.3) is 5.91 Å². The predicted molar refractivity (Wildman–Crippen MR) is 130 cm³/mol. The minimum Gasteiger partial charge on any atom is -0.493 e. The second-order valence-electron chi connectivity index (χ2n) is 7.01. The number of nitrogens with zero attached hydrogens (tertiary/aromatic N) is 1. The summed E-state index contributed by atoms with van der Waals surface area (Å²) in [5.41, 5.74) is 3.78. The molecule has 0 heterocycles. The monoisotopic (exact) mass is 478 g/mol. The van der Waals surface area contributed by atoms with Gasteiger partial charge in [0, 0.05) is 5.56 Å². The van der Waals surface area contributed by atoms with Crippen LogP contribution >= 0.6 is 0 Å². The molecule has 3 rings (SSSR count). The number of hydrazone groups is 1. The van der Waals surface area contributed by atoms with Gasteiger partial charge in [-0.3, -0.25) is 4.79 Å². The number of benzene rings is 3. The second-order valence-corrected chi connectivity index (χ2v) is 7.01. The molecule has 0 aromatic heterocycles. The predicted octanol–water partition coefficient (Wildman–Crippen LogP) is 4.09. The molecule has 0 bridgehead atoms. The maximum Gasteiger partial charge on any atom is 0.343 e. The number of methoxy groups -OCH3 is 3. The van der Waals surface area contributed by atoms with Gasteiger partial charge in [-0.05, 0) is 55.0 Å². The number of carbonyl (C=O) groups is 2. The van der Waals surface area contributed by atoms with Crippen molar-refractivity contribution >= 4 is 18.1 Å². The van der Waals surface area contributed by atoms with E-state index in [1.807, 2.05) is 13.0 Å². The van der Waals surface area contributed by atoms with Crippen molar-refractivity contribution in [2.24, 2.45) is 5.10 Å². The zero-order chi connectivity index (χ0) is 25.2. The largest absolute Gasteiger partial charge is 0.493 e. The fourth-order valence-corrected chi connectivity index (χ4v) is 3.13. The van der Waals surface area contributed by atoms with Crippen LogP contribution in [0.2, 0.25) is 0 Å². The summed E-state index contributed by atoms with van der Waals surface area (Å²) >= 11 is 0. The maximum absolute atomic E-state index is 12.6. The lowest BCUT2D eigenvalue weighted by Gasteiger charge is -2.13. The molecule has 3 aromatic rings. The van der Waals surface area contributed by atoms with Crippen LogP contribution in [0, 0.1) is 0 Å². The molecule has 0 aliphatic rings. The first-order valence-corrected chi connectivity index (χ1v) is 10.7. The Balaban J connectivity index is 1.73. The van der Waals surface area contributed by atoms with Crippen LogP contribution in [0.25, 0.3) is 0 Å². The Hall–Kier alpha value is -4.53. The Morgan fingerprint density at radius 2 is 1.51 bits per heavy atom. The molecule has 0 saturated heterocycles. The van der Waals surface area contributed by atoms with Gasteiger partial charge in [0.15, 0.2) is 23.0 Å². The molecule has 35 heavy (non-hydrogen) atoms. The Morgan fingerprint density at radius 1 is 0.829 bits per heavy atom. The normalized spacial score (nSPS) is 10.5. The van der Waals surface area contributed by atoms with Crippen LogP contribution in [0.5, 0.6) is 28.7 Å². The van der Waals surface area contributed by atoms with Crippen molar-refractivity contribution in [2.75, 3.05) is 27.9 Å². The average molecular weight is 479 g/mol. The summed E-state index contributed by atoms with van der Waals surface area (Å²) < 4.78 is 26.9. The minimum absolute atomic E-state index is 0.273. The highest BCUT2D eigenvalue weighted by molar-refractivity contribution is 5.96. The third kappa shape index (κ3) is 6.29. The highest BCUT2D eigenvalue weighted by atomic mass is 16.6. The number of ether oxygens (including phenoxy) is 5. The number of esters is 1. The van der Waals surface area contributed by atoms with Crippen LogP contribution in [-0.4, -0.2) is 46.0 Å². The number of nitrogens with one attached hydrogen (secondary N) is 1. The van der Waals surface area contributed by atoms with E-state index in [0.717, 1.165) is 0 Å². The molecule has 1 amide bonds. The Morgan fingerprint density at radius 3 is 2.11 bits per heavy atom. The van der Waals surface area contributed by atoms with E-state index in [1.54, 1.807) is 42.5 Å². The molecule has 0 spiro atoms. The number of rotatable bonds is 10. The summed E-state index contributed by atoms with van der Waals surface area (Å²) in [6.07, 6.45) is 1.45. The van der Waals surface area contributed by atoms with Gasteiger partial charge in [0.2, 0.25) is 5.75 Å². The third-order valence-corrected chi connectivity index (χ3v) is 4.79. The van der Waals surface area contributed by atoms with E-state index in [-0.39, 0.29) is 11.3 Å². The summed E-state index contributed by atoms with van der Waals surface area (Å²) in [6.45, 7) is 2.19. The molecule has 0 aliphatic carbocycles. The topological polar surface area (TPSA) is 105 Å². The van der Waals surface area contributed by atoms with Gasteiger partial charge in [-0.15, -0.1) is 0 Å². The lowest BCUT2D eigenvalue weighted by atomic mass is 10.1. The van der Waals surface area contributed by atoms with Crippen molar-refractivity contribution < 1.29 is 33.3 Å². The molecule has 0 radical (unpaired) electrons. The van der Waals surface area contributed by atoms with Crippen LogP contribution in [0.3, 0.4) is 0 Å². The molecular formula is C26H26N2O7. The van der Waals surface area contributed by atoms with Crippen LogP contribution in [-0.2, 0) is 0 Å². The standard InChI is InChI=1S/C26H26N2O7/c1-5-34-21-13-17(11-12-20(21)35-26(30)18-9-7-6-8-10-18)16-27-28-25(29)19-14-22(31-2)24(33-4)23(15-19)32-3/h6-16H,5H2,1-4H3,(H,28,29)/b27-16+. The summed E-state index contributed by atoms with van der Waals surface area (Å²) in [5.74, 6) is 0.762. The fraction of sp³-hybridized carbons (Fsp3) is 0.192. The number of carbonyl (C=O) groups excluding carboxylic acids is 2. The molecule has 0 unspecified atom stereocenters. The van der Waals surface area contributed by atoms with Crippen molar-refractivity contribution in [3.8, 4) is 28.7 Å². The van der Waals surface area contributed by atoms with Gasteiger partial charge in [0.05, 0.1) is 39.7 Å². The lowest BCUT2D eigenvalue weighted by molar-refractivity contribution is 0.0728. The van der Waals surface area contributed by atoms with Gasteiger partial charge in [-0.25, -0.2) is 10.2 Å². The van der Waals surface area contributed by atoms with Gasteiger partial charge in [-0.2, -0.15) is 5.10 Å². The van der Waals surface area contributed by atoms with Gasteiger partial charge < -0.3 is 23.7 Å². The number of hydrogen-bond acceptors (Lipinski definition) is 8. The summed E-state index contributed by atoms with van der Waals surface area (Å²) in [7, 11) is 4.41. The Labute approximate surface area is 203 Å². The summed E-state index contributed by atoms with van der Waals surface area (Å²) in [5, 5.41) is 4.01. The average Bonchev–Trinajstić information content (AvgIpc) is 2.89. The quantitative estimate of drug-likeness (QED) is 0.202. The van der Waals surface area contributed by atoms with E-state index < -0.39 is 11.9 Å². The fourth-order valence-electron chi connectivity index (χ4n) is 3.13. The maximum atomic E-state index is 12.6. The molecule has 0 fully saturated rings. The highest BCUT2D eigenvalue weighted by Crippen LogP contribution is 2.38. The van der Waals surface area contributed by atoms with Gasteiger partial charge in [-0.1, -0.05) is 18.2 Å². The van der Waals surface area contributed by atoms with Crippen molar-refractivity contribution in [1.82, 2.24) is 5.43 Å². The number of hydrogen-bond donors (Lipinski definition) is 1. The van der Waals surface area contributed by atoms with E-state index in [0.29, 0.717) is 40.7 Å². The van der Waals surface area contributed by atoms with E-state index in [2.05, 4.69) is 10.5 Å². The van der Waals surface area contributed by atoms with Crippen LogP contribution in [0.15, 0.2) is 65.8 Å². The Kier molecular flexibility index (Phi) is 8.66. The smallest absolute Gasteiger partial charge is 0.343 e. The van der Waals surface area contributed by atoms with Crippen molar-refractivity contribution in [3.63, 3.8) is 0 Å². The van der Waals surface area contributed by atoms with Crippen molar-refractivity contribution in [3.05, 3.63) is 77.4 Å².